The maximum absolute atomic E-state index is 9.93. The van der Waals surface area contributed by atoms with Crippen LogP contribution in [-0.4, -0.2) is 11.7 Å². The zero-order valence-corrected chi connectivity index (χ0v) is 21.9. The SMILES string of the molecule is CC(CO)C1CC[C@@]2(C)C1CC[C@]1(C)[C@@H]2CC[C@@H]2[C@@]3(C)CCCC(C)(C)[C@@H]3CC[C@]21C. The van der Waals surface area contributed by atoms with Crippen LogP contribution >= 0.6 is 0 Å². The van der Waals surface area contributed by atoms with E-state index in [1.807, 2.05) is 0 Å². The Kier molecular flexibility index (Phi) is 5.13. The number of aliphatic hydroxyl groups excluding tert-OH is 1. The van der Waals surface area contributed by atoms with Crippen molar-refractivity contribution in [3.05, 3.63) is 0 Å². The van der Waals surface area contributed by atoms with Gasteiger partial charge in [-0.25, -0.2) is 0 Å². The van der Waals surface area contributed by atoms with E-state index in [9.17, 15) is 5.11 Å². The topological polar surface area (TPSA) is 20.2 Å². The fourth-order valence-corrected chi connectivity index (χ4v) is 12.2. The van der Waals surface area contributed by atoms with Crippen LogP contribution < -0.4 is 0 Å². The van der Waals surface area contributed by atoms with Gasteiger partial charge in [-0.05, 0) is 127 Å². The normalized spacial score (nSPS) is 56.7. The molecule has 5 rings (SSSR count). The highest BCUT2D eigenvalue weighted by atomic mass is 16.3. The molecule has 0 amide bonds. The van der Waals surface area contributed by atoms with Gasteiger partial charge < -0.3 is 5.11 Å². The van der Waals surface area contributed by atoms with Crippen molar-refractivity contribution in [1.29, 1.82) is 0 Å². The molecule has 0 aromatic heterocycles. The molecule has 0 saturated heterocycles. The van der Waals surface area contributed by atoms with Crippen molar-refractivity contribution in [2.75, 3.05) is 6.61 Å². The fraction of sp³-hybridized carbons (Fsp3) is 1.00. The largest absolute Gasteiger partial charge is 0.396 e. The summed E-state index contributed by atoms with van der Waals surface area (Å²) in [5.41, 5.74) is 2.63. The first-order valence-corrected chi connectivity index (χ1v) is 14.0. The molecule has 1 heteroatoms. The van der Waals surface area contributed by atoms with Crippen LogP contribution in [0.25, 0.3) is 0 Å². The summed E-state index contributed by atoms with van der Waals surface area (Å²) in [5, 5.41) is 9.93. The molecule has 178 valence electrons. The van der Waals surface area contributed by atoms with Gasteiger partial charge in [0.2, 0.25) is 0 Å². The van der Waals surface area contributed by atoms with E-state index in [1.165, 1.54) is 70.6 Å². The highest BCUT2D eigenvalue weighted by Crippen LogP contribution is 2.78. The van der Waals surface area contributed by atoms with Crippen LogP contribution in [0, 0.1) is 62.6 Å². The molecule has 0 aromatic carbocycles. The molecular weight excluding hydrogens is 376 g/mol. The van der Waals surface area contributed by atoms with E-state index in [-0.39, 0.29) is 0 Å². The smallest absolute Gasteiger partial charge is 0.0459 e. The molecule has 5 aliphatic carbocycles. The average molecular weight is 429 g/mol. The summed E-state index contributed by atoms with van der Waals surface area (Å²) >= 11 is 0. The summed E-state index contributed by atoms with van der Waals surface area (Å²) in [6.45, 7) is 18.9. The van der Waals surface area contributed by atoms with Crippen LogP contribution in [0.4, 0.5) is 0 Å². The third-order valence-corrected chi connectivity index (χ3v) is 13.8. The first-order chi connectivity index (χ1) is 14.4. The van der Waals surface area contributed by atoms with Crippen LogP contribution in [-0.2, 0) is 0 Å². The average Bonchev–Trinajstić information content (AvgIpc) is 3.04. The van der Waals surface area contributed by atoms with Crippen molar-refractivity contribution in [2.24, 2.45) is 62.6 Å². The summed E-state index contributed by atoms with van der Waals surface area (Å²) in [6, 6.07) is 0. The molecule has 0 aromatic rings. The van der Waals surface area contributed by atoms with Gasteiger partial charge in [-0.2, -0.15) is 0 Å². The Hall–Kier alpha value is -0.0400. The summed E-state index contributed by atoms with van der Waals surface area (Å²) < 4.78 is 0. The molecule has 3 unspecified atom stereocenters. The summed E-state index contributed by atoms with van der Waals surface area (Å²) in [6.07, 6.45) is 16.0. The van der Waals surface area contributed by atoms with Crippen molar-refractivity contribution in [3.8, 4) is 0 Å². The molecule has 10 atom stereocenters. The Morgan fingerprint density at radius 1 is 0.677 bits per heavy atom. The molecule has 1 nitrogen and oxygen atoms in total. The second-order valence-electron chi connectivity index (χ2n) is 15.0. The van der Waals surface area contributed by atoms with Crippen molar-refractivity contribution in [3.63, 3.8) is 0 Å². The fourth-order valence-electron chi connectivity index (χ4n) is 12.2. The van der Waals surface area contributed by atoms with E-state index in [0.717, 1.165) is 29.6 Å². The molecule has 0 radical (unpaired) electrons. The first kappa shape index (κ1) is 22.7. The Bertz CT molecular complexity index is 711. The van der Waals surface area contributed by atoms with Crippen LogP contribution in [0.2, 0.25) is 0 Å². The van der Waals surface area contributed by atoms with Crippen molar-refractivity contribution < 1.29 is 5.11 Å². The molecular formula is C30H52O. The number of aliphatic hydroxyl groups is 1. The van der Waals surface area contributed by atoms with Crippen LogP contribution in [0.1, 0.15) is 119 Å². The number of fused-ring (bicyclic) bond motifs is 7. The molecule has 0 aliphatic heterocycles. The molecule has 5 fully saturated rings. The van der Waals surface area contributed by atoms with Gasteiger partial charge in [0.05, 0.1) is 0 Å². The van der Waals surface area contributed by atoms with Gasteiger partial charge >= 0.3 is 0 Å². The number of hydrogen-bond acceptors (Lipinski definition) is 1. The molecule has 5 aliphatic rings. The van der Waals surface area contributed by atoms with E-state index in [1.54, 1.807) is 0 Å². The Morgan fingerprint density at radius 3 is 1.94 bits per heavy atom. The Balaban J connectivity index is 1.50. The lowest BCUT2D eigenvalue weighted by molar-refractivity contribution is -0.241. The van der Waals surface area contributed by atoms with Crippen LogP contribution in [0.3, 0.4) is 0 Å². The van der Waals surface area contributed by atoms with Gasteiger partial charge in [-0.1, -0.05) is 54.9 Å². The minimum absolute atomic E-state index is 0.383. The minimum atomic E-state index is 0.383. The molecule has 5 saturated carbocycles. The van der Waals surface area contributed by atoms with Gasteiger partial charge in [0.25, 0.3) is 0 Å². The third kappa shape index (κ3) is 2.77. The van der Waals surface area contributed by atoms with Gasteiger partial charge in [0.15, 0.2) is 0 Å². The number of hydrogen-bond donors (Lipinski definition) is 1. The zero-order chi connectivity index (χ0) is 22.4. The zero-order valence-electron chi connectivity index (χ0n) is 21.9. The van der Waals surface area contributed by atoms with Crippen LogP contribution in [0.15, 0.2) is 0 Å². The van der Waals surface area contributed by atoms with E-state index in [2.05, 4.69) is 48.5 Å². The summed E-state index contributed by atoms with van der Waals surface area (Å²) in [4.78, 5) is 0. The Labute approximate surface area is 193 Å². The maximum atomic E-state index is 9.93. The van der Waals surface area contributed by atoms with E-state index in [4.69, 9.17) is 0 Å². The lowest BCUT2D eigenvalue weighted by Crippen LogP contribution is -2.65. The minimum Gasteiger partial charge on any atom is -0.396 e. The monoisotopic (exact) mass is 428 g/mol. The predicted octanol–water partition coefficient (Wildman–Crippen LogP) is 8.11. The lowest BCUT2D eigenvalue weighted by atomic mass is 9.32. The van der Waals surface area contributed by atoms with Gasteiger partial charge in [-0.3, -0.25) is 0 Å². The highest BCUT2D eigenvalue weighted by Gasteiger charge is 2.70. The first-order valence-electron chi connectivity index (χ1n) is 14.0. The van der Waals surface area contributed by atoms with E-state index >= 15 is 0 Å². The molecule has 31 heavy (non-hydrogen) atoms. The predicted molar refractivity (Wildman–Crippen MR) is 131 cm³/mol. The quantitative estimate of drug-likeness (QED) is 0.471. The lowest BCUT2D eigenvalue weighted by Gasteiger charge is -2.73. The van der Waals surface area contributed by atoms with Crippen LogP contribution in [0.5, 0.6) is 0 Å². The van der Waals surface area contributed by atoms with Crippen molar-refractivity contribution in [2.45, 2.75) is 119 Å². The standard InChI is InChI=1S/C30H52O/c1-20(19-31)21-11-16-27(4)22(21)12-17-29(6)24(27)9-10-25-28(5)15-8-14-26(2,3)23(28)13-18-30(25,29)7/h20-25,31H,8-19H2,1-7H3/t20?,21?,22?,23-,24+,25+,27-,28-,29+,30+/m0/s1. The third-order valence-electron chi connectivity index (χ3n) is 13.8. The van der Waals surface area contributed by atoms with Gasteiger partial charge in [0.1, 0.15) is 0 Å². The molecule has 1 N–H and O–H groups in total. The van der Waals surface area contributed by atoms with Gasteiger partial charge in [0, 0.05) is 6.61 Å². The number of rotatable bonds is 2. The molecule has 0 bridgehead atoms. The van der Waals surface area contributed by atoms with E-state index < -0.39 is 0 Å². The highest BCUT2D eigenvalue weighted by molar-refractivity contribution is 5.19. The molecule has 0 spiro atoms. The second kappa shape index (κ2) is 6.99. The Morgan fingerprint density at radius 2 is 1.29 bits per heavy atom. The summed E-state index contributed by atoms with van der Waals surface area (Å²) in [5.74, 6) is 4.86. The second-order valence-corrected chi connectivity index (χ2v) is 15.0. The maximum Gasteiger partial charge on any atom is 0.0459 e. The van der Waals surface area contributed by atoms with Crippen molar-refractivity contribution >= 4 is 0 Å². The van der Waals surface area contributed by atoms with Gasteiger partial charge in [-0.15, -0.1) is 0 Å². The van der Waals surface area contributed by atoms with E-state index in [0.29, 0.717) is 39.6 Å². The summed E-state index contributed by atoms with van der Waals surface area (Å²) in [7, 11) is 0. The molecule has 0 heterocycles. The van der Waals surface area contributed by atoms with Crippen molar-refractivity contribution in [1.82, 2.24) is 0 Å².